The van der Waals surface area contributed by atoms with Crippen molar-refractivity contribution in [2.45, 2.75) is 6.92 Å². The number of esters is 1. The number of anilines is 1. The van der Waals surface area contributed by atoms with Crippen LogP contribution in [0.3, 0.4) is 0 Å². The lowest BCUT2D eigenvalue weighted by Crippen LogP contribution is -2.32. The monoisotopic (exact) mass is 369 g/mol. The van der Waals surface area contributed by atoms with Gasteiger partial charge in [0.25, 0.3) is 0 Å². The second kappa shape index (κ2) is 9.71. The van der Waals surface area contributed by atoms with Crippen molar-refractivity contribution < 1.29 is 23.9 Å². The van der Waals surface area contributed by atoms with Crippen LogP contribution in [0, 0.1) is 6.92 Å². The second-order valence-electron chi connectivity index (χ2n) is 5.40. The fraction of sp³-hybridized carbons (Fsp3) is 0.158. The predicted molar refractivity (Wildman–Crippen MR) is 99.5 cm³/mol. The van der Waals surface area contributed by atoms with E-state index < -0.39 is 17.8 Å². The molecule has 2 N–H and O–H groups in total. The molecule has 0 fully saturated rings. The summed E-state index contributed by atoms with van der Waals surface area (Å²) in [4.78, 5) is 34.6. The highest BCUT2D eigenvalue weighted by molar-refractivity contribution is 6.39. The standard InChI is InChI=1S/C19H19N3O5/c1-13-5-3-4-6-16(13)21-18(24)19(25)22-20-11-14-7-9-15(10-8-14)27-12-17(23)26-2/h3-11H,12H2,1-2H3,(H,21,24)(H,22,25)/b20-11-. The third kappa shape index (κ3) is 6.28. The Balaban J connectivity index is 1.83. The molecule has 0 aliphatic carbocycles. The summed E-state index contributed by atoms with van der Waals surface area (Å²) in [5.74, 6) is -1.69. The highest BCUT2D eigenvalue weighted by Crippen LogP contribution is 2.13. The minimum atomic E-state index is -0.882. The lowest BCUT2D eigenvalue weighted by molar-refractivity contribution is -0.142. The Hall–Kier alpha value is -3.68. The van der Waals surface area contributed by atoms with Crippen molar-refractivity contribution in [3.8, 4) is 5.75 Å². The minimum absolute atomic E-state index is 0.185. The summed E-state index contributed by atoms with van der Waals surface area (Å²) >= 11 is 0. The normalized spacial score (nSPS) is 10.3. The smallest absolute Gasteiger partial charge is 0.343 e. The number of ether oxygens (including phenoxy) is 2. The molecule has 0 aromatic heterocycles. The average Bonchev–Trinajstić information content (AvgIpc) is 2.68. The Bertz CT molecular complexity index is 847. The number of hydrazone groups is 1. The van der Waals surface area contributed by atoms with Gasteiger partial charge < -0.3 is 14.8 Å². The summed E-state index contributed by atoms with van der Waals surface area (Å²) < 4.78 is 9.69. The molecule has 0 heterocycles. The number of hydrogen-bond donors (Lipinski definition) is 2. The molecule has 0 radical (unpaired) electrons. The topological polar surface area (TPSA) is 106 Å². The lowest BCUT2D eigenvalue weighted by atomic mass is 10.2. The number of para-hydroxylation sites is 1. The van der Waals surface area contributed by atoms with Gasteiger partial charge in [-0.05, 0) is 48.4 Å². The summed E-state index contributed by atoms with van der Waals surface area (Å²) in [5.41, 5.74) is 4.23. The van der Waals surface area contributed by atoms with Crippen molar-refractivity contribution >= 4 is 29.7 Å². The SMILES string of the molecule is COC(=O)COc1ccc(/C=N\NC(=O)C(=O)Nc2ccccc2C)cc1. The van der Waals surface area contributed by atoms with Crippen molar-refractivity contribution in [1.29, 1.82) is 0 Å². The number of carbonyl (C=O) groups is 3. The molecule has 0 aliphatic rings. The Kier molecular flexibility index (Phi) is 7.07. The van der Waals surface area contributed by atoms with Crippen LogP contribution in [-0.4, -0.2) is 37.7 Å². The van der Waals surface area contributed by atoms with Crippen LogP contribution in [0.25, 0.3) is 0 Å². The highest BCUT2D eigenvalue weighted by Gasteiger charge is 2.13. The minimum Gasteiger partial charge on any atom is -0.482 e. The van der Waals surface area contributed by atoms with Crippen LogP contribution in [0.1, 0.15) is 11.1 Å². The number of nitrogens with zero attached hydrogens (tertiary/aromatic N) is 1. The number of amides is 2. The molecule has 0 spiro atoms. The molecule has 0 aliphatic heterocycles. The molecule has 0 bridgehead atoms. The number of rotatable bonds is 6. The molecule has 0 saturated carbocycles. The van der Waals surface area contributed by atoms with Gasteiger partial charge in [0.2, 0.25) is 0 Å². The molecule has 0 unspecified atom stereocenters. The summed E-state index contributed by atoms with van der Waals surface area (Å²) in [6, 6.07) is 13.7. The first-order valence-electron chi connectivity index (χ1n) is 7.99. The lowest BCUT2D eigenvalue weighted by Gasteiger charge is -2.06. The predicted octanol–water partition coefficient (Wildman–Crippen LogP) is 1.64. The van der Waals surface area contributed by atoms with E-state index in [1.807, 2.05) is 19.1 Å². The van der Waals surface area contributed by atoms with Gasteiger partial charge in [0, 0.05) is 5.69 Å². The van der Waals surface area contributed by atoms with E-state index in [0.717, 1.165) is 5.56 Å². The molecule has 2 rings (SSSR count). The molecule has 2 amide bonds. The second-order valence-corrected chi connectivity index (χ2v) is 5.40. The number of benzene rings is 2. The number of hydrogen-bond acceptors (Lipinski definition) is 6. The van der Waals surface area contributed by atoms with Gasteiger partial charge in [-0.25, -0.2) is 10.2 Å². The zero-order valence-corrected chi connectivity index (χ0v) is 14.9. The van der Waals surface area contributed by atoms with E-state index in [1.54, 1.807) is 36.4 Å². The number of aryl methyl sites for hydroxylation is 1. The van der Waals surface area contributed by atoms with E-state index >= 15 is 0 Å². The summed E-state index contributed by atoms with van der Waals surface area (Å²) in [7, 11) is 1.28. The average molecular weight is 369 g/mol. The van der Waals surface area contributed by atoms with E-state index in [4.69, 9.17) is 4.74 Å². The van der Waals surface area contributed by atoms with Crippen LogP contribution in [0.15, 0.2) is 53.6 Å². The third-order valence-electron chi connectivity index (χ3n) is 3.44. The highest BCUT2D eigenvalue weighted by atomic mass is 16.6. The van der Waals surface area contributed by atoms with E-state index in [1.165, 1.54) is 13.3 Å². The van der Waals surface area contributed by atoms with Gasteiger partial charge in [-0.1, -0.05) is 18.2 Å². The largest absolute Gasteiger partial charge is 0.482 e. The van der Waals surface area contributed by atoms with E-state index in [2.05, 4.69) is 20.6 Å². The van der Waals surface area contributed by atoms with Gasteiger partial charge in [0.1, 0.15) is 5.75 Å². The van der Waals surface area contributed by atoms with E-state index in [-0.39, 0.29) is 6.61 Å². The van der Waals surface area contributed by atoms with E-state index in [9.17, 15) is 14.4 Å². The first-order chi connectivity index (χ1) is 13.0. The Labute approximate surface area is 156 Å². The molecule has 0 saturated heterocycles. The van der Waals surface area contributed by atoms with Gasteiger partial charge >= 0.3 is 17.8 Å². The van der Waals surface area contributed by atoms with Gasteiger partial charge in [-0.15, -0.1) is 0 Å². The van der Waals surface area contributed by atoms with Gasteiger partial charge in [-0.3, -0.25) is 9.59 Å². The number of nitrogens with one attached hydrogen (secondary N) is 2. The number of methoxy groups -OCH3 is 1. The maximum Gasteiger partial charge on any atom is 0.343 e. The molecule has 8 nitrogen and oxygen atoms in total. The summed E-state index contributed by atoms with van der Waals surface area (Å²) in [6.07, 6.45) is 1.38. The Morgan fingerprint density at radius 2 is 1.74 bits per heavy atom. The van der Waals surface area contributed by atoms with Crippen molar-refractivity contribution in [2.24, 2.45) is 5.10 Å². The third-order valence-corrected chi connectivity index (χ3v) is 3.44. The molecular weight excluding hydrogens is 350 g/mol. The van der Waals surface area contributed by atoms with Crippen LogP contribution < -0.4 is 15.5 Å². The fourth-order valence-electron chi connectivity index (χ4n) is 1.96. The molecule has 2 aromatic rings. The summed E-state index contributed by atoms with van der Waals surface area (Å²) in [6.45, 7) is 1.64. The van der Waals surface area contributed by atoms with Gasteiger partial charge in [-0.2, -0.15) is 5.10 Å². The van der Waals surface area contributed by atoms with Crippen LogP contribution in [0.2, 0.25) is 0 Å². The molecule has 140 valence electrons. The molecule has 8 heteroatoms. The Morgan fingerprint density at radius 1 is 1.04 bits per heavy atom. The van der Waals surface area contributed by atoms with Crippen molar-refractivity contribution in [3.05, 3.63) is 59.7 Å². The maximum absolute atomic E-state index is 11.9. The first-order valence-corrected chi connectivity index (χ1v) is 7.99. The van der Waals surface area contributed by atoms with Crippen molar-refractivity contribution in [1.82, 2.24) is 5.43 Å². The molecule has 2 aromatic carbocycles. The van der Waals surface area contributed by atoms with Crippen LogP contribution >= 0.6 is 0 Å². The summed E-state index contributed by atoms with van der Waals surface area (Å²) in [5, 5.41) is 6.26. The molecule has 27 heavy (non-hydrogen) atoms. The van der Waals surface area contributed by atoms with Gasteiger partial charge in [0.05, 0.1) is 13.3 Å². The zero-order valence-electron chi connectivity index (χ0n) is 14.9. The molecule has 0 atom stereocenters. The van der Waals surface area contributed by atoms with E-state index in [0.29, 0.717) is 17.0 Å². The quantitative estimate of drug-likeness (QED) is 0.348. The molecular formula is C19H19N3O5. The van der Waals surface area contributed by atoms with Crippen LogP contribution in [0.4, 0.5) is 5.69 Å². The fourth-order valence-corrected chi connectivity index (χ4v) is 1.96. The first kappa shape index (κ1) is 19.6. The van der Waals surface area contributed by atoms with Crippen LogP contribution in [-0.2, 0) is 19.1 Å². The van der Waals surface area contributed by atoms with Crippen molar-refractivity contribution in [3.63, 3.8) is 0 Å². The van der Waals surface area contributed by atoms with Crippen LogP contribution in [0.5, 0.6) is 5.75 Å². The maximum atomic E-state index is 11.9. The van der Waals surface area contributed by atoms with Crippen molar-refractivity contribution in [2.75, 3.05) is 19.0 Å². The number of carbonyl (C=O) groups excluding carboxylic acids is 3. The zero-order chi connectivity index (χ0) is 19.6. The Morgan fingerprint density at radius 3 is 2.41 bits per heavy atom. The van der Waals surface area contributed by atoms with Gasteiger partial charge in [0.15, 0.2) is 6.61 Å².